The molecule has 0 saturated carbocycles. The van der Waals surface area contributed by atoms with Crippen molar-refractivity contribution in [2.24, 2.45) is 10.2 Å². The first-order valence-corrected chi connectivity index (χ1v) is 12.0. The third kappa shape index (κ3) is 5.17. The molecule has 2 aromatic heterocycles. The lowest BCUT2D eigenvalue weighted by atomic mass is 10.2. The summed E-state index contributed by atoms with van der Waals surface area (Å²) in [5.74, 6) is 0.234. The molecule has 3 N–H and O–H groups in total. The molecule has 9 nitrogen and oxygen atoms in total. The van der Waals surface area contributed by atoms with E-state index in [2.05, 4.69) is 15.6 Å². The van der Waals surface area contributed by atoms with Gasteiger partial charge in [-0.1, -0.05) is 6.07 Å². The summed E-state index contributed by atoms with van der Waals surface area (Å²) < 4.78 is 29.8. The van der Waals surface area contributed by atoms with Gasteiger partial charge in [-0.05, 0) is 71.6 Å². The molecule has 0 spiro atoms. The number of hydrazone groups is 1. The number of primary sulfonamides is 1. The normalized spacial score (nSPS) is 11.6. The van der Waals surface area contributed by atoms with Crippen molar-refractivity contribution in [3.05, 3.63) is 83.4 Å². The van der Waals surface area contributed by atoms with Crippen molar-refractivity contribution >= 4 is 33.5 Å². The average molecular weight is 482 g/mol. The molecule has 0 radical (unpaired) electrons. The van der Waals surface area contributed by atoms with Gasteiger partial charge in [0.15, 0.2) is 5.69 Å². The van der Waals surface area contributed by atoms with Crippen molar-refractivity contribution in [1.29, 1.82) is 0 Å². The Bertz CT molecular complexity index is 1390. The fourth-order valence-corrected chi connectivity index (χ4v) is 4.22. The van der Waals surface area contributed by atoms with E-state index in [9.17, 15) is 13.2 Å². The first kappa shape index (κ1) is 22.4. The fraction of sp³-hybridized carbons (Fsp3) is 0.0455. The number of carbonyl (C=O) groups is 1. The summed E-state index contributed by atoms with van der Waals surface area (Å²) in [5, 5.41) is 15.5. The number of hydrogen-bond acceptors (Lipinski definition) is 7. The minimum Gasteiger partial charge on any atom is -0.497 e. The van der Waals surface area contributed by atoms with E-state index in [1.54, 1.807) is 42.1 Å². The lowest BCUT2D eigenvalue weighted by molar-refractivity contribution is 0.0949. The van der Waals surface area contributed by atoms with Crippen molar-refractivity contribution in [1.82, 2.24) is 15.2 Å². The van der Waals surface area contributed by atoms with Gasteiger partial charge in [0.25, 0.3) is 5.91 Å². The summed E-state index contributed by atoms with van der Waals surface area (Å²) in [5.41, 5.74) is 4.67. The number of nitrogens with one attached hydrogen (secondary N) is 1. The maximum absolute atomic E-state index is 12.7. The second kappa shape index (κ2) is 9.36. The molecule has 0 aliphatic heterocycles. The van der Waals surface area contributed by atoms with Gasteiger partial charge in [0, 0.05) is 0 Å². The Morgan fingerprint density at radius 1 is 1.15 bits per heavy atom. The zero-order chi connectivity index (χ0) is 23.4. The standard InChI is InChI=1S/C22H19N5O4S2/c1-31-17-8-4-15(5-9-17)14-24-25-22(28)19-13-20(21-3-2-12-32-21)27(26-19)16-6-10-18(11-7-16)33(23,29)30/h2-14H,1H3,(H,25,28)(H2,23,29,30)/b24-14-. The van der Waals surface area contributed by atoms with Crippen LogP contribution in [0.4, 0.5) is 0 Å². The predicted molar refractivity (Wildman–Crippen MR) is 126 cm³/mol. The molecule has 0 atom stereocenters. The van der Waals surface area contributed by atoms with Crippen LogP contribution in [0.2, 0.25) is 0 Å². The summed E-state index contributed by atoms with van der Waals surface area (Å²) in [6, 6.07) is 18.6. The van der Waals surface area contributed by atoms with Gasteiger partial charge in [-0.15, -0.1) is 11.3 Å². The second-order valence-electron chi connectivity index (χ2n) is 6.82. The third-order valence-corrected chi connectivity index (χ3v) is 6.44. The number of amides is 1. The van der Waals surface area contributed by atoms with Crippen LogP contribution in [0.15, 0.2) is 82.1 Å². The molecule has 4 aromatic rings. The van der Waals surface area contributed by atoms with Crippen LogP contribution in [-0.4, -0.2) is 37.4 Å². The van der Waals surface area contributed by atoms with Crippen LogP contribution in [0.25, 0.3) is 16.3 Å². The molecule has 0 bridgehead atoms. The average Bonchev–Trinajstić information content (AvgIpc) is 3.49. The number of ether oxygens (including phenoxy) is 1. The van der Waals surface area contributed by atoms with Gasteiger partial charge in [0.1, 0.15) is 5.75 Å². The summed E-state index contributed by atoms with van der Waals surface area (Å²) in [6.07, 6.45) is 1.51. The lowest BCUT2D eigenvalue weighted by Gasteiger charge is -2.07. The Kier molecular flexibility index (Phi) is 6.36. The van der Waals surface area contributed by atoms with Crippen LogP contribution in [-0.2, 0) is 10.0 Å². The molecule has 0 saturated heterocycles. The molecular formula is C22H19N5O4S2. The first-order valence-electron chi connectivity index (χ1n) is 9.60. The molecule has 2 heterocycles. The fourth-order valence-electron chi connectivity index (χ4n) is 2.98. The molecule has 1 amide bonds. The van der Waals surface area contributed by atoms with E-state index in [1.165, 1.54) is 29.7 Å². The number of nitrogens with two attached hydrogens (primary N) is 1. The molecule has 4 rings (SSSR count). The molecule has 33 heavy (non-hydrogen) atoms. The van der Waals surface area contributed by atoms with Crippen molar-refractivity contribution in [3.63, 3.8) is 0 Å². The number of sulfonamides is 1. The molecule has 168 valence electrons. The van der Waals surface area contributed by atoms with Gasteiger partial charge < -0.3 is 4.74 Å². The van der Waals surface area contributed by atoms with Crippen molar-refractivity contribution in [3.8, 4) is 22.0 Å². The maximum Gasteiger partial charge on any atom is 0.291 e. The van der Waals surface area contributed by atoms with E-state index >= 15 is 0 Å². The van der Waals surface area contributed by atoms with Gasteiger partial charge in [0.2, 0.25) is 10.0 Å². The van der Waals surface area contributed by atoms with Gasteiger partial charge >= 0.3 is 0 Å². The van der Waals surface area contributed by atoms with Gasteiger partial charge in [-0.3, -0.25) is 4.79 Å². The molecule has 2 aromatic carbocycles. The molecule has 0 aliphatic rings. The van der Waals surface area contributed by atoms with Gasteiger partial charge in [-0.2, -0.15) is 10.2 Å². The highest BCUT2D eigenvalue weighted by molar-refractivity contribution is 7.89. The Labute approximate surface area is 194 Å². The number of thiophene rings is 1. The highest BCUT2D eigenvalue weighted by atomic mass is 32.2. The Morgan fingerprint density at radius 3 is 2.48 bits per heavy atom. The predicted octanol–water partition coefficient (Wildman–Crippen LogP) is 3.02. The van der Waals surface area contributed by atoms with Gasteiger partial charge in [-0.25, -0.2) is 23.7 Å². The van der Waals surface area contributed by atoms with Crippen molar-refractivity contribution in [2.75, 3.05) is 7.11 Å². The zero-order valence-corrected chi connectivity index (χ0v) is 19.0. The quantitative estimate of drug-likeness (QED) is 0.310. The van der Waals surface area contributed by atoms with E-state index in [4.69, 9.17) is 9.88 Å². The Hall–Kier alpha value is -3.80. The Morgan fingerprint density at radius 2 is 1.88 bits per heavy atom. The van der Waals surface area contributed by atoms with Crippen LogP contribution in [0.3, 0.4) is 0 Å². The number of methoxy groups -OCH3 is 1. The minimum absolute atomic E-state index is 0.0121. The third-order valence-electron chi connectivity index (χ3n) is 4.62. The van der Waals surface area contributed by atoms with E-state index in [-0.39, 0.29) is 10.6 Å². The van der Waals surface area contributed by atoms with E-state index in [1.807, 2.05) is 29.6 Å². The first-order chi connectivity index (χ1) is 15.8. The Balaban J connectivity index is 1.60. The van der Waals surface area contributed by atoms with Crippen LogP contribution < -0.4 is 15.3 Å². The van der Waals surface area contributed by atoms with E-state index in [0.29, 0.717) is 11.4 Å². The number of hydrogen-bond donors (Lipinski definition) is 2. The number of carbonyl (C=O) groups excluding carboxylic acids is 1. The SMILES string of the molecule is COc1ccc(/C=N\NC(=O)c2cc(-c3cccs3)n(-c3ccc(S(N)(=O)=O)cc3)n2)cc1. The molecule has 0 fully saturated rings. The van der Waals surface area contributed by atoms with Crippen LogP contribution in [0, 0.1) is 0 Å². The highest BCUT2D eigenvalue weighted by Gasteiger charge is 2.18. The number of benzene rings is 2. The van der Waals surface area contributed by atoms with Crippen LogP contribution in [0.1, 0.15) is 16.1 Å². The number of rotatable bonds is 7. The number of nitrogens with zero attached hydrogens (tertiary/aromatic N) is 3. The molecular weight excluding hydrogens is 462 g/mol. The smallest absolute Gasteiger partial charge is 0.291 e. The van der Waals surface area contributed by atoms with Crippen LogP contribution in [0.5, 0.6) is 5.75 Å². The van der Waals surface area contributed by atoms with E-state index < -0.39 is 15.9 Å². The number of aromatic nitrogens is 2. The van der Waals surface area contributed by atoms with Crippen LogP contribution >= 0.6 is 11.3 Å². The second-order valence-corrected chi connectivity index (χ2v) is 9.32. The van der Waals surface area contributed by atoms with E-state index in [0.717, 1.165) is 16.2 Å². The summed E-state index contributed by atoms with van der Waals surface area (Å²) >= 11 is 1.49. The largest absolute Gasteiger partial charge is 0.497 e. The van der Waals surface area contributed by atoms with Gasteiger partial charge in [0.05, 0.1) is 34.5 Å². The zero-order valence-electron chi connectivity index (χ0n) is 17.4. The summed E-state index contributed by atoms with van der Waals surface area (Å²) in [7, 11) is -2.23. The summed E-state index contributed by atoms with van der Waals surface area (Å²) in [6.45, 7) is 0. The monoisotopic (exact) mass is 481 g/mol. The summed E-state index contributed by atoms with van der Waals surface area (Å²) in [4.78, 5) is 13.5. The molecule has 11 heteroatoms. The minimum atomic E-state index is -3.82. The van der Waals surface area contributed by atoms with Crippen molar-refractivity contribution < 1.29 is 17.9 Å². The lowest BCUT2D eigenvalue weighted by Crippen LogP contribution is -2.18. The maximum atomic E-state index is 12.7. The van der Waals surface area contributed by atoms with Crippen molar-refractivity contribution in [2.45, 2.75) is 4.90 Å². The topological polar surface area (TPSA) is 129 Å². The highest BCUT2D eigenvalue weighted by Crippen LogP contribution is 2.28. The molecule has 0 unspecified atom stereocenters. The molecule has 0 aliphatic carbocycles.